The number of hydrogen-bond donors (Lipinski definition) is 0. The van der Waals surface area contributed by atoms with E-state index in [0.29, 0.717) is 18.1 Å². The van der Waals surface area contributed by atoms with Crippen LogP contribution in [0.15, 0.2) is 34.2 Å². The lowest BCUT2D eigenvalue weighted by Gasteiger charge is -2.26. The summed E-state index contributed by atoms with van der Waals surface area (Å²) in [5.41, 5.74) is 3.21. The molecule has 2 aromatic heterocycles. The van der Waals surface area contributed by atoms with Crippen molar-refractivity contribution in [3.8, 4) is 11.5 Å². The molecule has 0 unspecified atom stereocenters. The highest BCUT2D eigenvalue weighted by Gasteiger charge is 2.14. The Hall–Kier alpha value is -2.09. The van der Waals surface area contributed by atoms with Crippen LogP contribution < -0.4 is 0 Å². The second-order valence-electron chi connectivity index (χ2n) is 6.37. The van der Waals surface area contributed by atoms with E-state index in [1.54, 1.807) is 11.3 Å². The summed E-state index contributed by atoms with van der Waals surface area (Å²) in [6, 6.07) is 8.32. The van der Waals surface area contributed by atoms with Crippen molar-refractivity contribution >= 4 is 11.3 Å². The smallest absolute Gasteiger partial charge is 0.257 e. The zero-order chi connectivity index (χ0) is 17.8. The molecule has 0 radical (unpaired) electrons. The fraction of sp³-hybridized carbons (Fsp3) is 0.421. The van der Waals surface area contributed by atoms with Crippen LogP contribution in [0.3, 0.4) is 0 Å². The molecule has 1 saturated heterocycles. The molecular formula is C19H22N4O2S. The first-order chi connectivity index (χ1) is 12.8. The van der Waals surface area contributed by atoms with E-state index in [0.717, 1.165) is 55.5 Å². The second-order valence-corrected chi connectivity index (χ2v) is 7.31. The van der Waals surface area contributed by atoms with Crippen molar-refractivity contribution in [1.82, 2.24) is 20.0 Å². The molecule has 0 amide bonds. The molecule has 136 valence electrons. The number of hydrogen-bond acceptors (Lipinski definition) is 7. The molecule has 1 aliphatic rings. The highest BCUT2D eigenvalue weighted by atomic mass is 32.1. The Labute approximate surface area is 156 Å². The summed E-state index contributed by atoms with van der Waals surface area (Å²) in [4.78, 5) is 11.5. The van der Waals surface area contributed by atoms with Gasteiger partial charge in [0.05, 0.1) is 30.3 Å². The summed E-state index contributed by atoms with van der Waals surface area (Å²) >= 11 is 1.68. The Bertz CT molecular complexity index is 855. The number of ether oxygens (including phenoxy) is 1. The van der Waals surface area contributed by atoms with Gasteiger partial charge in [0.25, 0.3) is 5.89 Å². The molecule has 0 N–H and O–H groups in total. The van der Waals surface area contributed by atoms with Gasteiger partial charge in [0, 0.05) is 30.6 Å². The van der Waals surface area contributed by atoms with E-state index in [-0.39, 0.29) is 0 Å². The first-order valence-electron chi connectivity index (χ1n) is 8.95. The number of rotatable bonds is 6. The van der Waals surface area contributed by atoms with Gasteiger partial charge in [0.1, 0.15) is 0 Å². The van der Waals surface area contributed by atoms with Crippen LogP contribution in [-0.2, 0) is 24.1 Å². The van der Waals surface area contributed by atoms with E-state index in [1.165, 1.54) is 5.56 Å². The number of aromatic nitrogens is 3. The monoisotopic (exact) mass is 370 g/mol. The maximum absolute atomic E-state index is 5.48. The van der Waals surface area contributed by atoms with Crippen molar-refractivity contribution in [3.63, 3.8) is 0 Å². The minimum absolute atomic E-state index is 0.565. The van der Waals surface area contributed by atoms with Crippen LogP contribution in [0.5, 0.6) is 0 Å². The lowest BCUT2D eigenvalue weighted by Crippen LogP contribution is -2.35. The van der Waals surface area contributed by atoms with Crippen molar-refractivity contribution in [1.29, 1.82) is 0 Å². The van der Waals surface area contributed by atoms with Crippen LogP contribution in [0.4, 0.5) is 0 Å². The molecule has 0 spiro atoms. The van der Waals surface area contributed by atoms with Gasteiger partial charge in [0.2, 0.25) is 0 Å². The van der Waals surface area contributed by atoms with Crippen molar-refractivity contribution in [2.75, 3.05) is 26.3 Å². The molecule has 3 aromatic rings. The summed E-state index contributed by atoms with van der Waals surface area (Å²) in [5, 5.41) is 7.33. The maximum atomic E-state index is 5.48. The Morgan fingerprint density at radius 1 is 1.19 bits per heavy atom. The lowest BCUT2D eigenvalue weighted by atomic mass is 10.1. The Kier molecular flexibility index (Phi) is 5.38. The molecule has 0 bridgehead atoms. The third kappa shape index (κ3) is 4.17. The van der Waals surface area contributed by atoms with Gasteiger partial charge in [-0.3, -0.25) is 4.90 Å². The van der Waals surface area contributed by atoms with E-state index in [2.05, 4.69) is 44.5 Å². The zero-order valence-electron chi connectivity index (χ0n) is 14.9. The van der Waals surface area contributed by atoms with Crippen LogP contribution in [-0.4, -0.2) is 46.3 Å². The number of thiazole rings is 1. The molecule has 1 fully saturated rings. The molecular weight excluding hydrogens is 348 g/mol. The lowest BCUT2D eigenvalue weighted by molar-refractivity contribution is 0.0342. The predicted octanol–water partition coefficient (Wildman–Crippen LogP) is 3.18. The number of morpholine rings is 1. The van der Waals surface area contributed by atoms with Crippen LogP contribution in [0.25, 0.3) is 11.5 Å². The molecule has 1 aromatic carbocycles. The SMILES string of the molecule is CCc1nc(Cc2noc(-c3cccc(CN4CCOCC4)c3)n2)cs1. The van der Waals surface area contributed by atoms with Gasteiger partial charge in [-0.1, -0.05) is 24.2 Å². The molecule has 0 aliphatic carbocycles. The number of aryl methyl sites for hydroxylation is 1. The maximum Gasteiger partial charge on any atom is 0.257 e. The molecule has 26 heavy (non-hydrogen) atoms. The summed E-state index contributed by atoms with van der Waals surface area (Å²) in [5.74, 6) is 1.24. The van der Waals surface area contributed by atoms with E-state index < -0.39 is 0 Å². The van der Waals surface area contributed by atoms with Crippen LogP contribution >= 0.6 is 11.3 Å². The number of benzene rings is 1. The zero-order valence-corrected chi connectivity index (χ0v) is 15.7. The molecule has 4 rings (SSSR count). The molecule has 3 heterocycles. The van der Waals surface area contributed by atoms with E-state index in [1.807, 2.05) is 12.1 Å². The topological polar surface area (TPSA) is 64.3 Å². The Balaban J connectivity index is 1.45. The third-order valence-corrected chi connectivity index (χ3v) is 5.43. The predicted molar refractivity (Wildman–Crippen MR) is 100 cm³/mol. The van der Waals surface area contributed by atoms with Gasteiger partial charge >= 0.3 is 0 Å². The van der Waals surface area contributed by atoms with Gasteiger partial charge in [-0.05, 0) is 24.1 Å². The van der Waals surface area contributed by atoms with Gasteiger partial charge in [-0.25, -0.2) is 4.98 Å². The van der Waals surface area contributed by atoms with Gasteiger partial charge in [-0.15, -0.1) is 11.3 Å². The molecule has 0 saturated carbocycles. The third-order valence-electron chi connectivity index (χ3n) is 4.39. The van der Waals surface area contributed by atoms with Crippen LogP contribution in [0.2, 0.25) is 0 Å². The van der Waals surface area contributed by atoms with E-state index >= 15 is 0 Å². The van der Waals surface area contributed by atoms with Crippen molar-refractivity contribution in [2.24, 2.45) is 0 Å². The highest BCUT2D eigenvalue weighted by Crippen LogP contribution is 2.21. The molecule has 7 heteroatoms. The Morgan fingerprint density at radius 2 is 2.08 bits per heavy atom. The van der Waals surface area contributed by atoms with Crippen LogP contribution in [0, 0.1) is 0 Å². The minimum Gasteiger partial charge on any atom is -0.379 e. The largest absolute Gasteiger partial charge is 0.379 e. The average Bonchev–Trinajstić information content (AvgIpc) is 3.33. The van der Waals surface area contributed by atoms with Crippen molar-refractivity contribution < 1.29 is 9.26 Å². The summed E-state index contributed by atoms with van der Waals surface area (Å²) in [6.07, 6.45) is 1.56. The van der Waals surface area contributed by atoms with Gasteiger partial charge in [0.15, 0.2) is 5.82 Å². The first-order valence-corrected chi connectivity index (χ1v) is 9.83. The van der Waals surface area contributed by atoms with Crippen molar-refractivity contribution in [3.05, 3.63) is 51.7 Å². The van der Waals surface area contributed by atoms with E-state index in [9.17, 15) is 0 Å². The average molecular weight is 370 g/mol. The quantitative estimate of drug-likeness (QED) is 0.664. The first kappa shape index (κ1) is 17.3. The van der Waals surface area contributed by atoms with Gasteiger partial charge < -0.3 is 9.26 Å². The second kappa shape index (κ2) is 8.07. The summed E-state index contributed by atoms with van der Waals surface area (Å²) in [7, 11) is 0. The van der Waals surface area contributed by atoms with E-state index in [4.69, 9.17) is 9.26 Å². The highest BCUT2D eigenvalue weighted by molar-refractivity contribution is 7.09. The molecule has 6 nitrogen and oxygen atoms in total. The Morgan fingerprint density at radius 3 is 2.88 bits per heavy atom. The minimum atomic E-state index is 0.565. The fourth-order valence-electron chi connectivity index (χ4n) is 3.02. The van der Waals surface area contributed by atoms with Crippen molar-refractivity contribution in [2.45, 2.75) is 26.3 Å². The molecule has 0 atom stereocenters. The van der Waals surface area contributed by atoms with Gasteiger partial charge in [-0.2, -0.15) is 4.98 Å². The standard InChI is InChI=1S/C19H22N4O2S/c1-2-18-20-16(13-26-18)11-17-21-19(25-22-17)15-5-3-4-14(10-15)12-23-6-8-24-9-7-23/h3-5,10,13H,2,6-9,11-12H2,1H3. The summed E-state index contributed by atoms with van der Waals surface area (Å²) < 4.78 is 10.9. The fourth-order valence-corrected chi connectivity index (χ4v) is 3.76. The number of nitrogens with zero attached hydrogens (tertiary/aromatic N) is 4. The van der Waals surface area contributed by atoms with Crippen LogP contribution in [0.1, 0.15) is 29.0 Å². The molecule has 1 aliphatic heterocycles. The normalized spacial score (nSPS) is 15.4. The summed E-state index contributed by atoms with van der Waals surface area (Å²) in [6.45, 7) is 6.59.